The zero-order valence-corrected chi connectivity index (χ0v) is 7.09. The van der Waals surface area contributed by atoms with Gasteiger partial charge in [-0.25, -0.2) is 4.39 Å². The number of para-hydroxylation sites is 1. The lowest BCUT2D eigenvalue weighted by atomic mass is 10.3. The first-order valence-corrected chi connectivity index (χ1v) is 3.94. The van der Waals surface area contributed by atoms with Gasteiger partial charge in [-0.2, -0.15) is 0 Å². The second kappa shape index (κ2) is 4.57. The normalized spacial score (nSPS) is 9.69. The third-order valence-corrected chi connectivity index (χ3v) is 1.58. The van der Waals surface area contributed by atoms with Gasteiger partial charge in [0.2, 0.25) is 0 Å². The van der Waals surface area contributed by atoms with Gasteiger partial charge in [0.25, 0.3) is 0 Å². The molecule has 0 aromatic heterocycles. The molecule has 0 amide bonds. The maximum Gasteiger partial charge on any atom is 0.165 e. The van der Waals surface area contributed by atoms with Gasteiger partial charge in [0, 0.05) is 0 Å². The molecule has 0 aliphatic heterocycles. The van der Waals surface area contributed by atoms with E-state index in [0.717, 1.165) is 0 Å². The van der Waals surface area contributed by atoms with Crippen molar-refractivity contribution < 1.29 is 9.18 Å². The summed E-state index contributed by atoms with van der Waals surface area (Å²) in [6, 6.07) is 6.18. The topological polar surface area (TPSA) is 55.1 Å². The molecule has 0 fully saturated rings. The average Bonchev–Trinajstić information content (AvgIpc) is 2.16. The monoisotopic (exact) mass is 182 g/mol. The van der Waals surface area contributed by atoms with Crippen LogP contribution in [-0.2, 0) is 4.79 Å². The van der Waals surface area contributed by atoms with Crippen molar-refractivity contribution >= 4 is 11.5 Å². The van der Waals surface area contributed by atoms with Gasteiger partial charge in [0.05, 0.1) is 18.8 Å². The maximum atomic E-state index is 12.9. The molecule has 0 aliphatic carbocycles. The van der Waals surface area contributed by atoms with E-state index >= 15 is 0 Å². The molecule has 0 saturated heterocycles. The van der Waals surface area contributed by atoms with Crippen LogP contribution in [-0.4, -0.2) is 18.9 Å². The van der Waals surface area contributed by atoms with E-state index in [2.05, 4.69) is 5.32 Å². The Bertz CT molecular complexity index is 301. The summed E-state index contributed by atoms with van der Waals surface area (Å²) in [6.45, 7) is 0.0406. The number of benzene rings is 1. The molecule has 0 saturated carbocycles. The van der Waals surface area contributed by atoms with Crippen molar-refractivity contribution in [3.8, 4) is 0 Å². The molecule has 0 bridgehead atoms. The molecule has 0 aliphatic rings. The first-order valence-electron chi connectivity index (χ1n) is 3.94. The van der Waals surface area contributed by atoms with Gasteiger partial charge < -0.3 is 11.1 Å². The molecule has 1 aromatic carbocycles. The standard InChI is InChI=1S/C9H11FN2O/c10-8-3-1-2-4-9(8)12-6-7(13)5-11/h1-4,12H,5-6,11H2. The summed E-state index contributed by atoms with van der Waals surface area (Å²) >= 11 is 0. The highest BCUT2D eigenvalue weighted by molar-refractivity contribution is 5.84. The largest absolute Gasteiger partial charge is 0.376 e. The molecule has 0 radical (unpaired) electrons. The van der Waals surface area contributed by atoms with E-state index in [-0.39, 0.29) is 24.7 Å². The number of nitrogens with one attached hydrogen (secondary N) is 1. The summed E-state index contributed by atoms with van der Waals surface area (Å²) in [5.74, 6) is -0.518. The van der Waals surface area contributed by atoms with Crippen molar-refractivity contribution in [3.05, 3.63) is 30.1 Å². The van der Waals surface area contributed by atoms with Crippen molar-refractivity contribution in [2.75, 3.05) is 18.4 Å². The highest BCUT2D eigenvalue weighted by atomic mass is 19.1. The van der Waals surface area contributed by atoms with Crippen LogP contribution in [0.15, 0.2) is 24.3 Å². The van der Waals surface area contributed by atoms with Crippen LogP contribution in [0, 0.1) is 5.82 Å². The molecule has 0 unspecified atom stereocenters. The minimum absolute atomic E-state index is 0.0263. The Morgan fingerprint density at radius 3 is 2.77 bits per heavy atom. The number of hydrogen-bond acceptors (Lipinski definition) is 3. The number of rotatable bonds is 4. The zero-order chi connectivity index (χ0) is 9.68. The second-order valence-electron chi connectivity index (χ2n) is 2.58. The summed E-state index contributed by atoms with van der Waals surface area (Å²) in [7, 11) is 0. The molecule has 70 valence electrons. The number of halogens is 1. The van der Waals surface area contributed by atoms with Crippen LogP contribution < -0.4 is 11.1 Å². The Morgan fingerprint density at radius 2 is 2.15 bits per heavy atom. The number of carbonyl (C=O) groups excluding carboxylic acids is 1. The lowest BCUT2D eigenvalue weighted by molar-refractivity contribution is -0.116. The molecule has 1 rings (SSSR count). The maximum absolute atomic E-state index is 12.9. The van der Waals surface area contributed by atoms with Crippen molar-refractivity contribution in [2.24, 2.45) is 5.73 Å². The summed E-state index contributed by atoms with van der Waals surface area (Å²) in [5, 5.41) is 2.66. The van der Waals surface area contributed by atoms with Crippen LogP contribution in [0.1, 0.15) is 0 Å². The minimum atomic E-state index is -0.368. The quantitative estimate of drug-likeness (QED) is 0.723. The number of carbonyl (C=O) groups is 1. The SMILES string of the molecule is NCC(=O)CNc1ccccc1F. The highest BCUT2D eigenvalue weighted by Gasteiger charge is 2.01. The Morgan fingerprint density at radius 1 is 1.46 bits per heavy atom. The highest BCUT2D eigenvalue weighted by Crippen LogP contribution is 2.11. The fraction of sp³-hybridized carbons (Fsp3) is 0.222. The second-order valence-corrected chi connectivity index (χ2v) is 2.58. The van der Waals surface area contributed by atoms with E-state index in [1.54, 1.807) is 18.2 Å². The van der Waals surface area contributed by atoms with Gasteiger partial charge in [-0.1, -0.05) is 12.1 Å². The average molecular weight is 182 g/mol. The molecule has 3 N–H and O–H groups in total. The van der Waals surface area contributed by atoms with Gasteiger partial charge in [-0.3, -0.25) is 4.79 Å². The van der Waals surface area contributed by atoms with Crippen molar-refractivity contribution in [1.82, 2.24) is 0 Å². The number of ketones is 1. The van der Waals surface area contributed by atoms with Gasteiger partial charge in [0.15, 0.2) is 5.78 Å². The van der Waals surface area contributed by atoms with E-state index in [1.807, 2.05) is 0 Å². The van der Waals surface area contributed by atoms with Gasteiger partial charge >= 0.3 is 0 Å². The van der Waals surface area contributed by atoms with E-state index in [1.165, 1.54) is 6.07 Å². The van der Waals surface area contributed by atoms with Crippen molar-refractivity contribution in [3.63, 3.8) is 0 Å². The van der Waals surface area contributed by atoms with Gasteiger partial charge in [0.1, 0.15) is 5.82 Å². The zero-order valence-electron chi connectivity index (χ0n) is 7.09. The third kappa shape index (κ3) is 2.83. The van der Waals surface area contributed by atoms with Crippen molar-refractivity contribution in [2.45, 2.75) is 0 Å². The minimum Gasteiger partial charge on any atom is -0.376 e. The van der Waals surface area contributed by atoms with Gasteiger partial charge in [-0.15, -0.1) is 0 Å². The molecule has 3 nitrogen and oxygen atoms in total. The van der Waals surface area contributed by atoms with Crippen molar-refractivity contribution in [1.29, 1.82) is 0 Å². The Kier molecular flexibility index (Phi) is 3.40. The number of anilines is 1. The molecular weight excluding hydrogens is 171 g/mol. The lowest BCUT2D eigenvalue weighted by Gasteiger charge is -2.04. The first kappa shape index (κ1) is 9.67. The van der Waals surface area contributed by atoms with Crippen LogP contribution >= 0.6 is 0 Å². The fourth-order valence-corrected chi connectivity index (χ4v) is 0.871. The van der Waals surface area contributed by atoms with Crippen LogP contribution in [0.4, 0.5) is 10.1 Å². The number of hydrogen-bond donors (Lipinski definition) is 2. The Hall–Kier alpha value is -1.42. The number of Topliss-reactive ketones (excluding diaryl/α,β-unsaturated/α-hetero) is 1. The van der Waals surface area contributed by atoms with E-state index in [0.29, 0.717) is 5.69 Å². The fourth-order valence-electron chi connectivity index (χ4n) is 0.871. The third-order valence-electron chi connectivity index (χ3n) is 1.58. The first-order chi connectivity index (χ1) is 6.24. The summed E-state index contributed by atoms with van der Waals surface area (Å²) in [5.41, 5.74) is 5.41. The Balaban J connectivity index is 2.54. The Labute approximate surface area is 75.7 Å². The van der Waals surface area contributed by atoms with Crippen LogP contribution in [0.3, 0.4) is 0 Å². The molecular formula is C9H11FN2O. The number of nitrogens with two attached hydrogens (primary N) is 1. The lowest BCUT2D eigenvalue weighted by Crippen LogP contribution is -2.22. The smallest absolute Gasteiger partial charge is 0.165 e. The van der Waals surface area contributed by atoms with Crippen LogP contribution in [0.25, 0.3) is 0 Å². The molecule has 4 heteroatoms. The van der Waals surface area contributed by atoms with Crippen LogP contribution in [0.5, 0.6) is 0 Å². The molecule has 0 atom stereocenters. The van der Waals surface area contributed by atoms with E-state index in [9.17, 15) is 9.18 Å². The van der Waals surface area contributed by atoms with Gasteiger partial charge in [-0.05, 0) is 12.1 Å². The summed E-state index contributed by atoms with van der Waals surface area (Å²) in [6.07, 6.45) is 0. The van der Waals surface area contributed by atoms with Crippen LogP contribution in [0.2, 0.25) is 0 Å². The van der Waals surface area contributed by atoms with E-state index in [4.69, 9.17) is 5.73 Å². The van der Waals surface area contributed by atoms with E-state index < -0.39 is 0 Å². The predicted octanol–water partition coefficient (Wildman–Crippen LogP) is 0.765. The molecule has 0 heterocycles. The predicted molar refractivity (Wildman–Crippen MR) is 49.0 cm³/mol. The summed E-state index contributed by atoms with van der Waals surface area (Å²) in [4.78, 5) is 10.8. The molecule has 0 spiro atoms. The molecule has 13 heavy (non-hydrogen) atoms. The summed E-state index contributed by atoms with van der Waals surface area (Å²) < 4.78 is 12.9. The molecule has 1 aromatic rings.